The van der Waals surface area contributed by atoms with Crippen molar-refractivity contribution in [2.45, 2.75) is 78.3 Å². The Morgan fingerprint density at radius 3 is 2.00 bits per heavy atom. The molecule has 5 nitrogen and oxygen atoms in total. The van der Waals surface area contributed by atoms with Crippen molar-refractivity contribution in [3.63, 3.8) is 0 Å². The Morgan fingerprint density at radius 2 is 1.45 bits per heavy atom. The van der Waals surface area contributed by atoms with E-state index in [-0.39, 0.29) is 10.3 Å². The number of amidine groups is 1. The van der Waals surface area contributed by atoms with Crippen molar-refractivity contribution in [1.29, 1.82) is 0 Å². The number of fused-ring (bicyclic) bond motifs is 1. The molecule has 0 radical (unpaired) electrons. The maximum absolute atomic E-state index is 14.5. The Balaban J connectivity index is 2.03. The number of rotatable bonds is 6. The highest BCUT2D eigenvalue weighted by Crippen LogP contribution is 2.45. The minimum Gasteiger partial charge on any atom is -0.497 e. The second kappa shape index (κ2) is 9.88. The van der Waals surface area contributed by atoms with Gasteiger partial charge in [-0.3, -0.25) is 4.99 Å². The first-order valence-corrected chi connectivity index (χ1v) is 14.5. The van der Waals surface area contributed by atoms with Gasteiger partial charge in [-0.25, -0.2) is 12.7 Å². The fourth-order valence-corrected chi connectivity index (χ4v) is 7.12. The summed E-state index contributed by atoms with van der Waals surface area (Å²) >= 11 is 0. The van der Waals surface area contributed by atoms with Crippen molar-refractivity contribution >= 4 is 15.9 Å². The van der Waals surface area contributed by atoms with Gasteiger partial charge in [0.15, 0.2) is 0 Å². The first kappa shape index (κ1) is 27.9. The Morgan fingerprint density at radius 1 is 0.868 bits per heavy atom. The van der Waals surface area contributed by atoms with Crippen molar-refractivity contribution in [3.05, 3.63) is 94.0 Å². The summed E-state index contributed by atoms with van der Waals surface area (Å²) in [6.07, 6.45) is 0.801. The minimum absolute atomic E-state index is 0.0221. The number of ether oxygens (including phenoxy) is 1. The smallest absolute Gasteiger partial charge is 0.266 e. The molecular formula is C32H40N2O3S. The van der Waals surface area contributed by atoms with E-state index in [4.69, 9.17) is 9.73 Å². The molecule has 0 saturated carbocycles. The number of methoxy groups -OCH3 is 1. The van der Waals surface area contributed by atoms with Crippen molar-refractivity contribution in [2.24, 2.45) is 10.4 Å². The van der Waals surface area contributed by atoms with Gasteiger partial charge in [-0.05, 0) is 99.0 Å². The van der Waals surface area contributed by atoms with Crippen LogP contribution < -0.4 is 4.74 Å². The van der Waals surface area contributed by atoms with Crippen LogP contribution in [-0.2, 0) is 10.0 Å². The van der Waals surface area contributed by atoms with Crippen LogP contribution in [0, 0.1) is 26.2 Å². The predicted molar refractivity (Wildman–Crippen MR) is 156 cm³/mol. The van der Waals surface area contributed by atoms with E-state index < -0.39 is 21.6 Å². The molecule has 0 N–H and O–H groups in total. The molecular weight excluding hydrogens is 492 g/mol. The summed E-state index contributed by atoms with van der Waals surface area (Å²) in [6, 6.07) is 18.4. The fourth-order valence-electron chi connectivity index (χ4n) is 5.54. The first-order chi connectivity index (χ1) is 17.6. The monoisotopic (exact) mass is 532 g/mol. The van der Waals surface area contributed by atoms with Crippen LogP contribution in [0.5, 0.6) is 5.75 Å². The molecule has 1 unspecified atom stereocenters. The average Bonchev–Trinajstić information content (AvgIpc) is 3.11. The molecule has 38 heavy (non-hydrogen) atoms. The number of sulfonamides is 1. The van der Waals surface area contributed by atoms with E-state index in [0.29, 0.717) is 5.84 Å². The van der Waals surface area contributed by atoms with E-state index >= 15 is 0 Å². The molecule has 3 aromatic carbocycles. The van der Waals surface area contributed by atoms with Crippen molar-refractivity contribution in [1.82, 2.24) is 4.31 Å². The SMILES string of the molecule is COc1ccc(C2c3cc(C)c(C)cc3C(=NC(C)(C)CC(C)(C)C)N2S(=O)(=O)c2ccc(C)cc2)cc1. The van der Waals surface area contributed by atoms with Gasteiger partial charge in [0.2, 0.25) is 0 Å². The number of aryl methyl sites for hydroxylation is 3. The van der Waals surface area contributed by atoms with Gasteiger partial charge < -0.3 is 4.74 Å². The van der Waals surface area contributed by atoms with Crippen LogP contribution in [0.3, 0.4) is 0 Å². The molecule has 0 aliphatic carbocycles. The van der Waals surface area contributed by atoms with Gasteiger partial charge in [0, 0.05) is 5.56 Å². The van der Waals surface area contributed by atoms with Crippen LogP contribution in [0.25, 0.3) is 0 Å². The predicted octanol–water partition coefficient (Wildman–Crippen LogP) is 7.38. The van der Waals surface area contributed by atoms with Crippen LogP contribution in [0.4, 0.5) is 0 Å². The maximum Gasteiger partial charge on any atom is 0.266 e. The molecule has 0 fully saturated rings. The molecule has 202 valence electrons. The van der Waals surface area contributed by atoms with E-state index in [0.717, 1.165) is 45.6 Å². The lowest BCUT2D eigenvalue weighted by Gasteiger charge is -2.32. The summed E-state index contributed by atoms with van der Waals surface area (Å²) < 4.78 is 35.9. The topological polar surface area (TPSA) is 59.0 Å². The summed E-state index contributed by atoms with van der Waals surface area (Å²) in [6.45, 7) is 16.8. The number of benzene rings is 3. The molecule has 4 rings (SSSR count). The fraction of sp³-hybridized carbons (Fsp3) is 0.406. The highest BCUT2D eigenvalue weighted by atomic mass is 32.2. The molecule has 3 aromatic rings. The number of nitrogens with zero attached hydrogens (tertiary/aromatic N) is 2. The third-order valence-electron chi connectivity index (χ3n) is 7.03. The van der Waals surface area contributed by atoms with E-state index in [2.05, 4.69) is 60.6 Å². The third-order valence-corrected chi connectivity index (χ3v) is 8.79. The molecule has 0 amide bonds. The van der Waals surface area contributed by atoms with Gasteiger partial charge in [-0.15, -0.1) is 0 Å². The highest BCUT2D eigenvalue weighted by Gasteiger charge is 2.45. The Bertz CT molecular complexity index is 1460. The van der Waals surface area contributed by atoms with E-state index in [1.165, 1.54) is 0 Å². The van der Waals surface area contributed by atoms with Gasteiger partial charge in [0.05, 0.1) is 23.6 Å². The van der Waals surface area contributed by atoms with Crippen molar-refractivity contribution in [2.75, 3.05) is 7.11 Å². The lowest BCUT2D eigenvalue weighted by atomic mass is 9.82. The molecule has 1 aliphatic heterocycles. The zero-order valence-electron chi connectivity index (χ0n) is 24.1. The van der Waals surface area contributed by atoms with Gasteiger partial charge in [0.1, 0.15) is 11.6 Å². The Hall–Kier alpha value is -3.12. The molecule has 0 aromatic heterocycles. The van der Waals surface area contributed by atoms with Gasteiger partial charge >= 0.3 is 0 Å². The molecule has 0 bridgehead atoms. The largest absolute Gasteiger partial charge is 0.497 e. The molecule has 1 aliphatic rings. The first-order valence-electron chi connectivity index (χ1n) is 13.1. The third kappa shape index (κ3) is 5.51. The van der Waals surface area contributed by atoms with E-state index in [1.807, 2.05) is 43.3 Å². The van der Waals surface area contributed by atoms with Crippen LogP contribution in [0.15, 0.2) is 70.6 Å². The molecule has 0 spiro atoms. The Labute approximate surface area is 228 Å². The Kier molecular flexibility index (Phi) is 7.26. The zero-order valence-corrected chi connectivity index (χ0v) is 24.9. The molecule has 0 saturated heterocycles. The lowest BCUT2D eigenvalue weighted by Crippen LogP contribution is -2.38. The molecule has 6 heteroatoms. The highest BCUT2D eigenvalue weighted by molar-refractivity contribution is 7.89. The van der Waals surface area contributed by atoms with Gasteiger partial charge in [-0.1, -0.05) is 56.7 Å². The van der Waals surface area contributed by atoms with Crippen LogP contribution >= 0.6 is 0 Å². The summed E-state index contributed by atoms with van der Waals surface area (Å²) in [5, 5.41) is 0. The maximum atomic E-state index is 14.5. The lowest BCUT2D eigenvalue weighted by molar-refractivity contribution is 0.287. The summed E-state index contributed by atoms with van der Waals surface area (Å²) in [7, 11) is -2.33. The van der Waals surface area contributed by atoms with Gasteiger partial charge in [-0.2, -0.15) is 0 Å². The normalized spacial score (nSPS) is 17.1. The number of hydrogen-bond donors (Lipinski definition) is 0. The average molecular weight is 533 g/mol. The standard InChI is InChI=1S/C32H40N2O3S/c1-21-10-16-26(17-11-21)38(35,36)34-29(24-12-14-25(37-9)15-13-24)27-18-22(2)23(3)19-28(27)30(34)33-32(7,8)20-31(4,5)6/h10-19,29H,20H2,1-9H3. The minimum atomic E-state index is -3.96. The van der Waals surface area contributed by atoms with E-state index in [1.54, 1.807) is 23.5 Å². The summed E-state index contributed by atoms with van der Waals surface area (Å²) in [4.78, 5) is 5.50. The van der Waals surface area contributed by atoms with Gasteiger partial charge in [0.25, 0.3) is 10.0 Å². The molecule has 1 heterocycles. The number of hydrogen-bond acceptors (Lipinski definition) is 4. The molecule has 1 atom stereocenters. The van der Waals surface area contributed by atoms with Crippen LogP contribution in [0.1, 0.15) is 80.5 Å². The van der Waals surface area contributed by atoms with Crippen molar-refractivity contribution in [3.8, 4) is 5.75 Å². The van der Waals surface area contributed by atoms with Crippen LogP contribution in [-0.4, -0.2) is 31.2 Å². The van der Waals surface area contributed by atoms with Crippen molar-refractivity contribution < 1.29 is 13.2 Å². The second-order valence-electron chi connectivity index (χ2n) is 12.3. The summed E-state index contributed by atoms with van der Waals surface area (Å²) in [5.41, 5.74) is 5.44. The number of aliphatic imine (C=N–C) groups is 1. The summed E-state index contributed by atoms with van der Waals surface area (Å²) in [5.74, 6) is 1.22. The zero-order chi connectivity index (χ0) is 28.0. The van der Waals surface area contributed by atoms with Crippen LogP contribution in [0.2, 0.25) is 0 Å². The quantitative estimate of drug-likeness (QED) is 0.333. The van der Waals surface area contributed by atoms with E-state index in [9.17, 15) is 8.42 Å². The second-order valence-corrected chi connectivity index (χ2v) is 14.1.